The number of H-pyrrole nitrogens is 1. The number of carboxylic acid groups (broad SMARTS) is 1. The summed E-state index contributed by atoms with van der Waals surface area (Å²) < 4.78 is 1.76. The van der Waals surface area contributed by atoms with Crippen LogP contribution in [0, 0.1) is 4.77 Å². The minimum Gasteiger partial charge on any atom is -0.478 e. The SMILES string of the molecule is O=C(O)c1ccc2c(=O)n(Cc3cccs3)c(=S)[nH]c2c1. The lowest BCUT2D eigenvalue weighted by atomic mass is 10.1. The summed E-state index contributed by atoms with van der Waals surface area (Å²) in [7, 11) is 0. The highest BCUT2D eigenvalue weighted by molar-refractivity contribution is 7.71. The molecule has 0 bridgehead atoms. The molecule has 0 spiro atoms. The van der Waals surface area contributed by atoms with Crippen LogP contribution in [-0.2, 0) is 6.54 Å². The third-order valence-corrected chi connectivity index (χ3v) is 4.31. The lowest BCUT2D eigenvalue weighted by molar-refractivity contribution is 0.0697. The average molecular weight is 318 g/mol. The summed E-state index contributed by atoms with van der Waals surface area (Å²) in [4.78, 5) is 27.4. The second-order valence-corrected chi connectivity index (χ2v) is 5.89. The third-order valence-electron chi connectivity index (χ3n) is 3.12. The Hall–Kier alpha value is -2.25. The summed E-state index contributed by atoms with van der Waals surface area (Å²) in [6.45, 7) is 0.405. The molecule has 0 atom stereocenters. The third kappa shape index (κ3) is 2.53. The van der Waals surface area contributed by atoms with Crippen molar-refractivity contribution >= 4 is 40.4 Å². The molecule has 2 aromatic heterocycles. The summed E-state index contributed by atoms with van der Waals surface area (Å²) in [6, 6.07) is 8.20. The maximum absolute atomic E-state index is 12.5. The molecule has 0 aliphatic carbocycles. The van der Waals surface area contributed by atoms with Gasteiger partial charge in [-0.25, -0.2) is 4.79 Å². The van der Waals surface area contributed by atoms with Crippen molar-refractivity contribution in [3.05, 3.63) is 61.3 Å². The Morgan fingerprint density at radius 2 is 2.19 bits per heavy atom. The van der Waals surface area contributed by atoms with Gasteiger partial charge in [0.15, 0.2) is 4.77 Å². The minimum absolute atomic E-state index is 0.114. The van der Waals surface area contributed by atoms with Gasteiger partial charge in [-0.15, -0.1) is 11.3 Å². The Morgan fingerprint density at radius 3 is 2.86 bits per heavy atom. The molecule has 0 saturated heterocycles. The molecule has 7 heteroatoms. The van der Waals surface area contributed by atoms with Crippen LogP contribution < -0.4 is 5.56 Å². The van der Waals surface area contributed by atoms with Crippen LogP contribution in [0.25, 0.3) is 10.9 Å². The van der Waals surface area contributed by atoms with Gasteiger partial charge in [0.1, 0.15) is 0 Å². The molecule has 0 saturated carbocycles. The van der Waals surface area contributed by atoms with E-state index in [1.807, 2.05) is 17.5 Å². The number of aromatic amines is 1. The zero-order valence-electron chi connectivity index (χ0n) is 10.7. The number of hydrogen-bond donors (Lipinski definition) is 2. The molecule has 0 aliphatic heterocycles. The van der Waals surface area contributed by atoms with Crippen molar-refractivity contribution in [2.75, 3.05) is 0 Å². The number of fused-ring (bicyclic) bond motifs is 1. The van der Waals surface area contributed by atoms with Crippen molar-refractivity contribution in [1.29, 1.82) is 0 Å². The fourth-order valence-electron chi connectivity index (χ4n) is 2.09. The molecule has 0 aliphatic rings. The van der Waals surface area contributed by atoms with Crippen molar-refractivity contribution in [3.8, 4) is 0 Å². The first-order valence-electron chi connectivity index (χ1n) is 6.09. The van der Waals surface area contributed by atoms with E-state index in [4.69, 9.17) is 17.3 Å². The number of nitrogens with one attached hydrogen (secondary N) is 1. The summed E-state index contributed by atoms with van der Waals surface area (Å²) >= 11 is 6.76. The van der Waals surface area contributed by atoms with Gasteiger partial charge in [-0.1, -0.05) is 6.07 Å². The van der Waals surface area contributed by atoms with Crippen LogP contribution in [0.15, 0.2) is 40.5 Å². The first-order chi connectivity index (χ1) is 10.1. The second-order valence-electron chi connectivity index (χ2n) is 4.47. The van der Waals surface area contributed by atoms with Crippen LogP contribution in [0.3, 0.4) is 0 Å². The number of rotatable bonds is 3. The predicted molar refractivity (Wildman–Crippen MR) is 83.8 cm³/mol. The van der Waals surface area contributed by atoms with E-state index in [9.17, 15) is 9.59 Å². The highest BCUT2D eigenvalue weighted by Gasteiger charge is 2.09. The van der Waals surface area contributed by atoms with Gasteiger partial charge < -0.3 is 10.1 Å². The van der Waals surface area contributed by atoms with Gasteiger partial charge in [-0.05, 0) is 41.9 Å². The van der Waals surface area contributed by atoms with Crippen molar-refractivity contribution in [3.63, 3.8) is 0 Å². The molecule has 1 aromatic carbocycles. The molecule has 0 fully saturated rings. The highest BCUT2D eigenvalue weighted by Crippen LogP contribution is 2.13. The molecule has 0 radical (unpaired) electrons. The topological polar surface area (TPSA) is 75.1 Å². The number of aromatic nitrogens is 2. The van der Waals surface area contributed by atoms with Gasteiger partial charge >= 0.3 is 5.97 Å². The second kappa shape index (κ2) is 5.27. The molecule has 3 aromatic rings. The standard InChI is InChI=1S/C14H10N2O3S2/c17-12-10-4-3-8(13(18)19)6-11(10)15-14(20)16(12)7-9-2-1-5-21-9/h1-6H,7H2,(H,15,20)(H,18,19). The summed E-state index contributed by atoms with van der Waals surface area (Å²) in [6.07, 6.45) is 0. The fourth-order valence-corrected chi connectivity index (χ4v) is 3.04. The van der Waals surface area contributed by atoms with Gasteiger partial charge in [0.25, 0.3) is 5.56 Å². The molecule has 106 valence electrons. The Kier molecular flexibility index (Phi) is 3.44. The highest BCUT2D eigenvalue weighted by atomic mass is 32.1. The van der Waals surface area contributed by atoms with Crippen molar-refractivity contribution in [2.45, 2.75) is 6.54 Å². The van der Waals surface area contributed by atoms with Crippen LogP contribution in [-0.4, -0.2) is 20.6 Å². The first kappa shape index (κ1) is 13.7. The molecule has 0 unspecified atom stereocenters. The lowest BCUT2D eigenvalue weighted by Crippen LogP contribution is -2.22. The number of nitrogens with zero attached hydrogens (tertiary/aromatic N) is 1. The van der Waals surface area contributed by atoms with Gasteiger partial charge in [0.05, 0.1) is 23.0 Å². The first-order valence-corrected chi connectivity index (χ1v) is 7.37. The summed E-state index contributed by atoms with van der Waals surface area (Å²) in [5, 5.41) is 11.3. The number of carboxylic acids is 1. The summed E-state index contributed by atoms with van der Waals surface area (Å²) in [5.41, 5.74) is 0.329. The summed E-state index contributed by atoms with van der Waals surface area (Å²) in [5.74, 6) is -1.04. The number of aromatic carboxylic acids is 1. The zero-order valence-corrected chi connectivity index (χ0v) is 12.3. The zero-order chi connectivity index (χ0) is 15.0. The largest absolute Gasteiger partial charge is 0.478 e. The van der Waals surface area contributed by atoms with E-state index in [0.717, 1.165) is 4.88 Å². The molecule has 5 nitrogen and oxygen atoms in total. The maximum Gasteiger partial charge on any atom is 0.335 e. The molecule has 3 rings (SSSR count). The van der Waals surface area contributed by atoms with Crippen molar-refractivity contribution < 1.29 is 9.90 Å². The van der Waals surface area contributed by atoms with E-state index in [2.05, 4.69) is 4.98 Å². The quantitative estimate of drug-likeness (QED) is 0.728. The number of carbonyl (C=O) groups is 1. The predicted octanol–water partition coefficient (Wildman–Crippen LogP) is 2.87. The van der Waals surface area contributed by atoms with E-state index >= 15 is 0 Å². The van der Waals surface area contributed by atoms with Gasteiger partial charge in [-0.2, -0.15) is 0 Å². The monoisotopic (exact) mass is 318 g/mol. The average Bonchev–Trinajstić information content (AvgIpc) is 2.95. The van der Waals surface area contributed by atoms with Crippen molar-refractivity contribution in [1.82, 2.24) is 9.55 Å². The smallest absolute Gasteiger partial charge is 0.335 e. The van der Waals surface area contributed by atoms with E-state index in [1.165, 1.54) is 22.8 Å². The van der Waals surface area contributed by atoms with Crippen LogP contribution in [0.4, 0.5) is 0 Å². The lowest BCUT2D eigenvalue weighted by Gasteiger charge is -2.07. The fraction of sp³-hybridized carbons (Fsp3) is 0.0714. The van der Waals surface area contributed by atoms with Crippen LogP contribution >= 0.6 is 23.6 Å². The Bertz CT molecular complexity index is 939. The number of thiophene rings is 1. The Morgan fingerprint density at radius 1 is 1.38 bits per heavy atom. The minimum atomic E-state index is -1.04. The normalized spacial score (nSPS) is 10.9. The van der Waals surface area contributed by atoms with E-state index in [1.54, 1.807) is 11.3 Å². The molecule has 2 heterocycles. The van der Waals surface area contributed by atoms with Crippen LogP contribution in [0.2, 0.25) is 0 Å². The Labute approximate surface area is 128 Å². The van der Waals surface area contributed by atoms with Gasteiger partial charge in [0, 0.05) is 4.88 Å². The maximum atomic E-state index is 12.5. The number of benzene rings is 1. The van der Waals surface area contributed by atoms with E-state index in [-0.39, 0.29) is 15.9 Å². The van der Waals surface area contributed by atoms with Crippen LogP contribution in [0.5, 0.6) is 0 Å². The molecular weight excluding hydrogens is 308 g/mol. The van der Waals surface area contributed by atoms with E-state index in [0.29, 0.717) is 17.4 Å². The molecule has 21 heavy (non-hydrogen) atoms. The molecule has 2 N–H and O–H groups in total. The molecular formula is C14H10N2O3S2. The van der Waals surface area contributed by atoms with Gasteiger partial charge in [0.2, 0.25) is 0 Å². The van der Waals surface area contributed by atoms with Gasteiger partial charge in [-0.3, -0.25) is 9.36 Å². The van der Waals surface area contributed by atoms with Crippen molar-refractivity contribution in [2.24, 2.45) is 0 Å². The van der Waals surface area contributed by atoms with E-state index < -0.39 is 5.97 Å². The van der Waals surface area contributed by atoms with Crippen LogP contribution in [0.1, 0.15) is 15.2 Å². The molecule has 0 amide bonds. The Balaban J connectivity index is 2.20. The number of hydrogen-bond acceptors (Lipinski definition) is 4.